The van der Waals surface area contributed by atoms with Crippen LogP contribution in [0.15, 0.2) is 84.9 Å². The zero-order valence-electron chi connectivity index (χ0n) is 33.2. The molecule has 0 radical (unpaired) electrons. The molecular formula is C46H53N4OP. The lowest BCUT2D eigenvalue weighted by Gasteiger charge is -2.56. The molecule has 5 aromatic rings. The smallest absolute Gasteiger partial charge is 0.183 e. The molecule has 5 nitrogen and oxygen atoms in total. The first kappa shape index (κ1) is 34.6. The largest absolute Gasteiger partial charge is 0.335 e. The Labute approximate surface area is 311 Å². The maximum absolute atomic E-state index is 17.0. The Morgan fingerprint density at radius 3 is 0.942 bits per heavy atom. The van der Waals surface area contributed by atoms with Crippen LogP contribution >= 0.6 is 7.14 Å². The van der Waals surface area contributed by atoms with Gasteiger partial charge in [0.1, 0.15) is 0 Å². The van der Waals surface area contributed by atoms with Gasteiger partial charge in [0, 0.05) is 28.0 Å². The molecule has 0 N–H and O–H groups in total. The molecule has 8 rings (SSSR count). The maximum atomic E-state index is 17.0. The van der Waals surface area contributed by atoms with Gasteiger partial charge in [0.2, 0.25) is 0 Å². The molecule has 3 aliphatic rings. The summed E-state index contributed by atoms with van der Waals surface area (Å²) < 4.78 is 17.0. The SMILES string of the molecule is Cc1ccc(N(c2ccc(C)cc2)c2cc3c4c(c2)N(C(C)(C)C)c2cc(C)cc5c2P4(=O)c2c(cc(C)cc2N3C(C)(C)C)N5C(C)(C)C)cc1. The lowest BCUT2D eigenvalue weighted by atomic mass is 9.95. The summed E-state index contributed by atoms with van der Waals surface area (Å²) in [5.41, 5.74) is 13.3. The predicted octanol–water partition coefficient (Wildman–Crippen LogP) is 11.8. The average Bonchev–Trinajstić information content (AvgIpc) is 3.00. The van der Waals surface area contributed by atoms with E-state index in [0.29, 0.717) is 0 Å². The van der Waals surface area contributed by atoms with E-state index in [9.17, 15) is 0 Å². The summed E-state index contributed by atoms with van der Waals surface area (Å²) in [6.45, 7) is 29.2. The van der Waals surface area contributed by atoms with Gasteiger partial charge in [-0.2, -0.15) is 0 Å². The van der Waals surface area contributed by atoms with Crippen molar-refractivity contribution in [2.45, 2.75) is 107 Å². The Balaban J connectivity index is 1.57. The van der Waals surface area contributed by atoms with Gasteiger partial charge in [-0.05, 0) is 162 Å². The minimum atomic E-state index is -3.40. The van der Waals surface area contributed by atoms with Gasteiger partial charge >= 0.3 is 0 Å². The molecule has 0 fully saturated rings. The van der Waals surface area contributed by atoms with Gasteiger partial charge in [-0.1, -0.05) is 35.4 Å². The monoisotopic (exact) mass is 708 g/mol. The first-order valence-corrected chi connectivity index (χ1v) is 20.4. The molecule has 0 spiro atoms. The number of hydrogen-bond donors (Lipinski definition) is 0. The zero-order valence-corrected chi connectivity index (χ0v) is 34.1. The summed E-state index contributed by atoms with van der Waals surface area (Å²) in [4.78, 5) is 9.82. The van der Waals surface area contributed by atoms with Crippen LogP contribution in [0, 0.1) is 27.7 Å². The van der Waals surface area contributed by atoms with Gasteiger partial charge < -0.3 is 24.2 Å². The highest BCUT2D eigenvalue weighted by molar-refractivity contribution is 7.87. The quantitative estimate of drug-likeness (QED) is 0.174. The van der Waals surface area contributed by atoms with Crippen LogP contribution < -0.4 is 35.5 Å². The fourth-order valence-electron chi connectivity index (χ4n) is 8.92. The van der Waals surface area contributed by atoms with Crippen LogP contribution in [0.4, 0.5) is 51.2 Å². The molecule has 0 unspecified atom stereocenters. The second-order valence-electron chi connectivity index (χ2n) is 18.3. The third-order valence-electron chi connectivity index (χ3n) is 10.7. The molecule has 0 saturated heterocycles. The molecule has 0 amide bonds. The highest BCUT2D eigenvalue weighted by atomic mass is 31.2. The molecule has 268 valence electrons. The van der Waals surface area contributed by atoms with Crippen LogP contribution in [0.25, 0.3) is 0 Å². The molecule has 6 heteroatoms. The number of aryl methyl sites for hydroxylation is 4. The van der Waals surface area contributed by atoms with Crippen molar-refractivity contribution in [1.82, 2.24) is 0 Å². The molecule has 0 aliphatic carbocycles. The normalized spacial score (nSPS) is 15.5. The number of rotatable bonds is 3. The van der Waals surface area contributed by atoms with Gasteiger partial charge in [0.15, 0.2) is 7.14 Å². The van der Waals surface area contributed by atoms with Crippen molar-refractivity contribution in [3.8, 4) is 0 Å². The van der Waals surface area contributed by atoms with Gasteiger partial charge in [-0.25, -0.2) is 0 Å². The number of hydrogen-bond acceptors (Lipinski definition) is 5. The maximum Gasteiger partial charge on any atom is 0.183 e. The second-order valence-corrected chi connectivity index (χ2v) is 20.8. The van der Waals surface area contributed by atoms with Crippen LogP contribution in [0.5, 0.6) is 0 Å². The van der Waals surface area contributed by atoms with E-state index in [-0.39, 0.29) is 16.6 Å². The Morgan fingerprint density at radius 2 is 0.673 bits per heavy atom. The summed E-state index contributed by atoms with van der Waals surface area (Å²) in [7, 11) is -3.40. The first-order valence-electron chi connectivity index (χ1n) is 18.6. The molecule has 3 heterocycles. The molecule has 0 saturated carbocycles. The lowest BCUT2D eigenvalue weighted by molar-refractivity contribution is 0.548. The summed E-state index contributed by atoms with van der Waals surface area (Å²) in [6, 6.07) is 31.4. The summed E-state index contributed by atoms with van der Waals surface area (Å²) in [6.07, 6.45) is 0. The first-order chi connectivity index (χ1) is 24.2. The van der Waals surface area contributed by atoms with Gasteiger partial charge in [0.25, 0.3) is 0 Å². The van der Waals surface area contributed by atoms with Crippen molar-refractivity contribution in [3.05, 3.63) is 107 Å². The van der Waals surface area contributed by atoms with E-state index in [0.717, 1.165) is 78.2 Å². The van der Waals surface area contributed by atoms with E-state index in [1.807, 2.05) is 0 Å². The molecule has 0 atom stereocenters. The van der Waals surface area contributed by atoms with Crippen molar-refractivity contribution in [2.75, 3.05) is 19.6 Å². The van der Waals surface area contributed by atoms with Crippen molar-refractivity contribution in [1.29, 1.82) is 0 Å². The fourth-order valence-corrected chi connectivity index (χ4v) is 12.5. The number of benzene rings is 5. The summed E-state index contributed by atoms with van der Waals surface area (Å²) >= 11 is 0. The second kappa shape index (κ2) is 11.0. The van der Waals surface area contributed by atoms with E-state index in [4.69, 9.17) is 0 Å². The van der Waals surface area contributed by atoms with Crippen molar-refractivity contribution in [2.24, 2.45) is 0 Å². The van der Waals surface area contributed by atoms with Gasteiger partial charge in [0.05, 0.1) is 55.7 Å². The molecule has 3 aliphatic heterocycles. The van der Waals surface area contributed by atoms with E-state index >= 15 is 4.57 Å². The predicted molar refractivity (Wildman–Crippen MR) is 225 cm³/mol. The molecule has 0 bridgehead atoms. The van der Waals surface area contributed by atoms with E-state index in [1.54, 1.807) is 0 Å². The van der Waals surface area contributed by atoms with Crippen molar-refractivity contribution < 1.29 is 4.57 Å². The molecular weight excluding hydrogens is 656 g/mol. The number of anilines is 9. The molecule has 0 aromatic heterocycles. The molecule has 5 aromatic carbocycles. The van der Waals surface area contributed by atoms with Crippen LogP contribution in [-0.2, 0) is 4.57 Å². The van der Waals surface area contributed by atoms with Crippen LogP contribution in [0.2, 0.25) is 0 Å². The van der Waals surface area contributed by atoms with Gasteiger partial charge in [-0.3, -0.25) is 0 Å². The van der Waals surface area contributed by atoms with E-state index < -0.39 is 7.14 Å². The van der Waals surface area contributed by atoms with Crippen molar-refractivity contribution in [3.63, 3.8) is 0 Å². The Hall–Kier alpha value is -4.47. The topological polar surface area (TPSA) is 30.0 Å². The Kier molecular flexibility index (Phi) is 7.34. The summed E-state index contributed by atoms with van der Waals surface area (Å²) in [5, 5.41) is 2.91. The van der Waals surface area contributed by atoms with E-state index in [1.165, 1.54) is 11.1 Å². The summed E-state index contributed by atoms with van der Waals surface area (Å²) in [5.74, 6) is 0. The van der Waals surface area contributed by atoms with Crippen LogP contribution in [0.1, 0.15) is 84.6 Å². The van der Waals surface area contributed by atoms with Gasteiger partial charge in [-0.15, -0.1) is 0 Å². The van der Waals surface area contributed by atoms with Crippen molar-refractivity contribution >= 4 is 74.2 Å². The molecule has 52 heavy (non-hydrogen) atoms. The Bertz CT molecular complexity index is 2190. The minimum absolute atomic E-state index is 0.263. The van der Waals surface area contributed by atoms with Crippen LogP contribution in [-0.4, -0.2) is 16.6 Å². The standard InChI is InChI=1S/C46H53N4OP/c1-28-14-18-32(19-15-28)47(33-20-16-29(2)17-21-33)34-26-39-43-40(27-34)50(46(11,12)13)38-25-31(4)23-36-42(38)52(43,51)41-35(48(36)44(5,6)7)22-30(3)24-37(41)49(39)45(8,9)10/h14-27H,1-13H3. The lowest BCUT2D eigenvalue weighted by Crippen LogP contribution is -2.57. The highest BCUT2D eigenvalue weighted by Gasteiger charge is 2.57. The number of nitrogens with zero attached hydrogens (tertiary/aromatic N) is 4. The Morgan fingerprint density at radius 1 is 0.404 bits per heavy atom. The fraction of sp³-hybridized carbons (Fsp3) is 0.348. The third-order valence-corrected chi connectivity index (χ3v) is 14.0. The third kappa shape index (κ3) is 4.92. The highest BCUT2D eigenvalue weighted by Crippen LogP contribution is 2.67. The minimum Gasteiger partial charge on any atom is -0.335 e. The average molecular weight is 709 g/mol. The van der Waals surface area contributed by atoms with Crippen LogP contribution in [0.3, 0.4) is 0 Å². The zero-order chi connectivity index (χ0) is 37.4. The van der Waals surface area contributed by atoms with E-state index in [2.05, 4.69) is 195 Å².